The quantitative estimate of drug-likeness (QED) is 0.300. The number of nitrogens with one attached hydrogen (secondary N) is 1. The first-order valence-corrected chi connectivity index (χ1v) is 10.8. The van der Waals surface area contributed by atoms with Crippen LogP contribution in [0.2, 0.25) is 0 Å². The molecule has 0 saturated carbocycles. The van der Waals surface area contributed by atoms with Gasteiger partial charge in [0, 0.05) is 17.1 Å². The number of benzene rings is 5. The van der Waals surface area contributed by atoms with Crippen molar-refractivity contribution in [1.29, 1.82) is 0 Å². The highest BCUT2D eigenvalue weighted by atomic mass is 15.2. The molecule has 2 heteroatoms. The molecule has 5 aromatic carbocycles. The molecule has 0 aliphatic rings. The van der Waals surface area contributed by atoms with Gasteiger partial charge in [-0.1, -0.05) is 91.0 Å². The monoisotopic (exact) mass is 412 g/mol. The summed E-state index contributed by atoms with van der Waals surface area (Å²) in [6.07, 6.45) is 0. The van der Waals surface area contributed by atoms with Crippen molar-refractivity contribution in [2.24, 2.45) is 0 Å². The molecule has 0 fully saturated rings. The standard InChI is InChI=1S/C30H24N2/c1-4-12-24(13-5-1)25-20-22-28(23-21-25)32(27-16-8-3-9-17-27)30-19-11-10-18-29(30)31-26-14-6-2-7-15-26/h1-23,31H. The van der Waals surface area contributed by atoms with Crippen LogP contribution in [-0.4, -0.2) is 0 Å². The van der Waals surface area contributed by atoms with Crippen molar-refractivity contribution in [2.75, 3.05) is 10.2 Å². The lowest BCUT2D eigenvalue weighted by Gasteiger charge is -2.28. The second-order valence-electron chi connectivity index (χ2n) is 7.59. The topological polar surface area (TPSA) is 15.3 Å². The first-order chi connectivity index (χ1) is 15.9. The molecular weight excluding hydrogens is 388 g/mol. The molecule has 0 unspecified atom stereocenters. The van der Waals surface area contributed by atoms with Crippen molar-refractivity contribution in [1.82, 2.24) is 0 Å². The maximum absolute atomic E-state index is 3.59. The van der Waals surface area contributed by atoms with E-state index in [9.17, 15) is 0 Å². The average Bonchev–Trinajstić information content (AvgIpc) is 2.88. The number of hydrogen-bond acceptors (Lipinski definition) is 2. The fourth-order valence-corrected chi connectivity index (χ4v) is 3.89. The molecule has 0 aliphatic heterocycles. The lowest BCUT2D eigenvalue weighted by Crippen LogP contribution is -2.11. The third kappa shape index (κ3) is 4.26. The SMILES string of the molecule is c1ccc(Nc2ccccc2N(c2ccccc2)c2ccc(-c3ccccc3)cc2)cc1. The van der Waals surface area contributed by atoms with E-state index in [0.29, 0.717) is 0 Å². The summed E-state index contributed by atoms with van der Waals surface area (Å²) in [7, 11) is 0. The summed E-state index contributed by atoms with van der Waals surface area (Å²) in [5.41, 5.74) is 7.85. The molecule has 0 heterocycles. The summed E-state index contributed by atoms with van der Waals surface area (Å²) in [6, 6.07) is 48.4. The number of rotatable bonds is 6. The Bertz CT molecular complexity index is 1270. The predicted molar refractivity (Wildman–Crippen MR) is 136 cm³/mol. The zero-order chi connectivity index (χ0) is 21.6. The van der Waals surface area contributed by atoms with Crippen molar-refractivity contribution >= 4 is 28.4 Å². The van der Waals surface area contributed by atoms with Gasteiger partial charge < -0.3 is 10.2 Å². The fraction of sp³-hybridized carbons (Fsp3) is 0. The highest BCUT2D eigenvalue weighted by Crippen LogP contribution is 2.40. The van der Waals surface area contributed by atoms with Crippen LogP contribution in [0, 0.1) is 0 Å². The Morgan fingerprint density at radius 2 is 0.906 bits per heavy atom. The molecular formula is C30H24N2. The third-order valence-electron chi connectivity index (χ3n) is 5.44. The van der Waals surface area contributed by atoms with Crippen molar-refractivity contribution in [3.05, 3.63) is 140 Å². The Kier molecular flexibility index (Phi) is 5.67. The summed E-state index contributed by atoms with van der Waals surface area (Å²) in [6.45, 7) is 0. The largest absolute Gasteiger partial charge is 0.354 e. The van der Waals surface area contributed by atoms with Gasteiger partial charge in [-0.2, -0.15) is 0 Å². The van der Waals surface area contributed by atoms with E-state index in [1.165, 1.54) is 11.1 Å². The van der Waals surface area contributed by atoms with E-state index in [1.807, 2.05) is 30.3 Å². The van der Waals surface area contributed by atoms with E-state index >= 15 is 0 Å². The summed E-state index contributed by atoms with van der Waals surface area (Å²) in [5, 5.41) is 3.59. The molecule has 5 rings (SSSR count). The predicted octanol–water partition coefficient (Wildman–Crippen LogP) is 8.57. The Hall–Kier alpha value is -4.30. The van der Waals surface area contributed by atoms with Gasteiger partial charge >= 0.3 is 0 Å². The molecule has 5 aromatic rings. The van der Waals surface area contributed by atoms with Gasteiger partial charge in [0.25, 0.3) is 0 Å². The minimum absolute atomic E-state index is 1.05. The maximum atomic E-state index is 3.59. The highest BCUT2D eigenvalue weighted by molar-refractivity contribution is 5.86. The Balaban J connectivity index is 1.58. The number of para-hydroxylation sites is 4. The van der Waals surface area contributed by atoms with E-state index in [2.05, 4.69) is 119 Å². The third-order valence-corrected chi connectivity index (χ3v) is 5.44. The minimum atomic E-state index is 1.05. The minimum Gasteiger partial charge on any atom is -0.354 e. The van der Waals surface area contributed by atoms with Gasteiger partial charge in [0.15, 0.2) is 0 Å². The molecule has 154 valence electrons. The number of nitrogens with zero attached hydrogens (tertiary/aromatic N) is 1. The van der Waals surface area contributed by atoms with Crippen LogP contribution in [0.25, 0.3) is 11.1 Å². The van der Waals surface area contributed by atoms with Crippen LogP contribution >= 0.6 is 0 Å². The smallest absolute Gasteiger partial charge is 0.0696 e. The van der Waals surface area contributed by atoms with Crippen LogP contribution in [0.5, 0.6) is 0 Å². The van der Waals surface area contributed by atoms with Crippen molar-refractivity contribution in [2.45, 2.75) is 0 Å². The van der Waals surface area contributed by atoms with Gasteiger partial charge in [0.1, 0.15) is 0 Å². The summed E-state index contributed by atoms with van der Waals surface area (Å²) < 4.78 is 0. The van der Waals surface area contributed by atoms with Gasteiger partial charge in [-0.05, 0) is 59.7 Å². The molecule has 32 heavy (non-hydrogen) atoms. The van der Waals surface area contributed by atoms with Gasteiger partial charge in [-0.25, -0.2) is 0 Å². The Morgan fingerprint density at radius 3 is 1.59 bits per heavy atom. The van der Waals surface area contributed by atoms with Crippen LogP contribution in [0.15, 0.2) is 140 Å². The molecule has 0 amide bonds. The second kappa shape index (κ2) is 9.23. The highest BCUT2D eigenvalue weighted by Gasteiger charge is 2.16. The van der Waals surface area contributed by atoms with Gasteiger partial charge in [-0.15, -0.1) is 0 Å². The Labute approximate surface area is 189 Å². The van der Waals surface area contributed by atoms with E-state index in [1.54, 1.807) is 0 Å². The van der Waals surface area contributed by atoms with Crippen molar-refractivity contribution in [3.63, 3.8) is 0 Å². The molecule has 0 atom stereocenters. The lowest BCUT2D eigenvalue weighted by atomic mass is 10.0. The van der Waals surface area contributed by atoms with E-state index in [0.717, 1.165) is 28.4 Å². The van der Waals surface area contributed by atoms with Crippen molar-refractivity contribution in [3.8, 4) is 11.1 Å². The Morgan fingerprint density at radius 1 is 0.406 bits per heavy atom. The molecule has 0 radical (unpaired) electrons. The normalized spacial score (nSPS) is 10.5. The van der Waals surface area contributed by atoms with Crippen LogP contribution in [-0.2, 0) is 0 Å². The van der Waals surface area contributed by atoms with Crippen LogP contribution < -0.4 is 10.2 Å². The fourth-order valence-electron chi connectivity index (χ4n) is 3.89. The van der Waals surface area contributed by atoms with Crippen LogP contribution in [0.1, 0.15) is 0 Å². The molecule has 0 aromatic heterocycles. The molecule has 0 bridgehead atoms. The first-order valence-electron chi connectivity index (χ1n) is 10.8. The second-order valence-corrected chi connectivity index (χ2v) is 7.59. The maximum Gasteiger partial charge on any atom is 0.0696 e. The molecule has 2 nitrogen and oxygen atoms in total. The first kappa shape index (κ1) is 19.7. The number of anilines is 5. The van der Waals surface area contributed by atoms with Gasteiger partial charge in [0.2, 0.25) is 0 Å². The van der Waals surface area contributed by atoms with E-state index in [4.69, 9.17) is 0 Å². The van der Waals surface area contributed by atoms with E-state index in [-0.39, 0.29) is 0 Å². The lowest BCUT2D eigenvalue weighted by molar-refractivity contribution is 1.28. The zero-order valence-electron chi connectivity index (χ0n) is 17.7. The number of hydrogen-bond donors (Lipinski definition) is 1. The molecule has 0 aliphatic carbocycles. The van der Waals surface area contributed by atoms with Gasteiger partial charge in [0.05, 0.1) is 11.4 Å². The zero-order valence-corrected chi connectivity index (χ0v) is 17.7. The summed E-state index contributed by atoms with van der Waals surface area (Å²) in [5.74, 6) is 0. The summed E-state index contributed by atoms with van der Waals surface area (Å²) >= 11 is 0. The van der Waals surface area contributed by atoms with Crippen molar-refractivity contribution < 1.29 is 0 Å². The molecule has 1 N–H and O–H groups in total. The summed E-state index contributed by atoms with van der Waals surface area (Å²) in [4.78, 5) is 2.29. The molecule has 0 saturated heterocycles. The van der Waals surface area contributed by atoms with E-state index < -0.39 is 0 Å². The van der Waals surface area contributed by atoms with Crippen LogP contribution in [0.3, 0.4) is 0 Å². The van der Waals surface area contributed by atoms with Gasteiger partial charge in [-0.3, -0.25) is 0 Å². The molecule has 0 spiro atoms. The average molecular weight is 413 g/mol. The van der Waals surface area contributed by atoms with Crippen LogP contribution in [0.4, 0.5) is 28.4 Å².